The molecule has 0 aliphatic carbocycles. The summed E-state index contributed by atoms with van der Waals surface area (Å²) in [6.45, 7) is 10.7. The predicted octanol–water partition coefficient (Wildman–Crippen LogP) is 3.63. The van der Waals surface area contributed by atoms with Crippen LogP contribution >= 0.6 is 0 Å². The topological polar surface area (TPSA) is 110 Å². The number of nitrogens with zero attached hydrogens (tertiary/aromatic N) is 2. The summed E-state index contributed by atoms with van der Waals surface area (Å²) in [5, 5.41) is 14.8. The van der Waals surface area contributed by atoms with E-state index in [1.165, 1.54) is 6.42 Å². The number of nitrogens with one attached hydrogen (secondary N) is 1. The number of rotatable bonds is 2. The first-order valence-corrected chi connectivity index (χ1v) is 11.8. The fourth-order valence-electron chi connectivity index (χ4n) is 4.00. The molecule has 2 aliphatic rings. The molecular weight excluding hydrogens is 420 g/mol. The predicted molar refractivity (Wildman–Crippen MR) is 130 cm³/mol. The van der Waals surface area contributed by atoms with Gasteiger partial charge in [0.1, 0.15) is 23.3 Å². The molecule has 0 radical (unpaired) electrons. The highest BCUT2D eigenvalue weighted by molar-refractivity contribution is 5.92. The summed E-state index contributed by atoms with van der Waals surface area (Å²) in [5.41, 5.74) is 6.55. The molecule has 2 unspecified atom stereocenters. The third-order valence-electron chi connectivity index (χ3n) is 5.68. The van der Waals surface area contributed by atoms with Crippen molar-refractivity contribution in [2.75, 3.05) is 31.9 Å². The fourth-order valence-corrected chi connectivity index (χ4v) is 4.00. The molecule has 1 aromatic carbocycles. The lowest BCUT2D eigenvalue weighted by molar-refractivity contribution is 0.00391. The van der Waals surface area contributed by atoms with Gasteiger partial charge in [0.15, 0.2) is 0 Å². The van der Waals surface area contributed by atoms with Crippen molar-refractivity contribution < 1.29 is 19.4 Å². The average molecular weight is 459 g/mol. The summed E-state index contributed by atoms with van der Waals surface area (Å²) in [6.07, 6.45) is 5.20. The molecule has 0 bridgehead atoms. The van der Waals surface area contributed by atoms with Crippen LogP contribution in [0.25, 0.3) is 10.8 Å². The Hall–Kier alpha value is -2.58. The second-order valence-electron chi connectivity index (χ2n) is 9.84. The van der Waals surface area contributed by atoms with Crippen LogP contribution in [0.5, 0.6) is 5.75 Å². The number of pyridine rings is 1. The molecular formula is C25H38N4O4. The molecule has 2 aromatic rings. The minimum absolute atomic E-state index is 0.268. The highest BCUT2D eigenvalue weighted by atomic mass is 16.6. The summed E-state index contributed by atoms with van der Waals surface area (Å²) < 4.78 is 11.3. The van der Waals surface area contributed by atoms with Crippen LogP contribution in [0.1, 0.15) is 52.0 Å². The van der Waals surface area contributed by atoms with Gasteiger partial charge >= 0.3 is 6.09 Å². The number of amides is 1. The maximum absolute atomic E-state index is 11.6. The van der Waals surface area contributed by atoms with Crippen molar-refractivity contribution in [2.45, 2.75) is 71.2 Å². The number of likely N-dealkylation sites (tertiary alicyclic amines) is 1. The number of piperidine rings is 2. The van der Waals surface area contributed by atoms with E-state index in [1.807, 2.05) is 26.8 Å². The number of ether oxygens (including phenoxy) is 2. The Morgan fingerprint density at radius 3 is 2.73 bits per heavy atom. The molecule has 4 N–H and O–H groups in total. The molecule has 2 atom stereocenters. The normalized spacial score (nSPS) is 21.2. The number of aliphatic hydroxyl groups is 1. The lowest BCUT2D eigenvalue weighted by Crippen LogP contribution is -2.44. The van der Waals surface area contributed by atoms with Crippen molar-refractivity contribution in [3.63, 3.8) is 0 Å². The Bertz CT molecular complexity index is 938. The summed E-state index contributed by atoms with van der Waals surface area (Å²) in [4.78, 5) is 17.2. The molecule has 33 heavy (non-hydrogen) atoms. The molecule has 2 saturated heterocycles. The number of aryl methyl sites for hydroxylation is 1. The number of carbonyl (C=O) groups is 1. The highest BCUT2D eigenvalue weighted by Crippen LogP contribution is 2.29. The number of anilines is 1. The third kappa shape index (κ3) is 7.47. The van der Waals surface area contributed by atoms with Gasteiger partial charge in [0, 0.05) is 31.2 Å². The molecule has 1 amide bonds. The van der Waals surface area contributed by atoms with Crippen LogP contribution in [0, 0.1) is 6.92 Å². The number of nitrogens with two attached hydrogens (primary N) is 1. The first-order chi connectivity index (χ1) is 15.6. The number of fused-ring (bicyclic) bond motifs is 1. The van der Waals surface area contributed by atoms with Crippen LogP contribution in [-0.2, 0) is 4.74 Å². The van der Waals surface area contributed by atoms with Gasteiger partial charge in [-0.3, -0.25) is 0 Å². The molecule has 8 nitrogen and oxygen atoms in total. The SMILES string of the molecule is CC(C)(C)OC(=O)N1CCCC(O)C1.Cc1cc2c(N)nccc2cc1OC1CCCNC1. The maximum Gasteiger partial charge on any atom is 0.410 e. The van der Waals surface area contributed by atoms with Gasteiger partial charge < -0.3 is 30.5 Å². The van der Waals surface area contributed by atoms with Crippen molar-refractivity contribution in [1.29, 1.82) is 0 Å². The molecule has 0 saturated carbocycles. The average Bonchev–Trinajstić information content (AvgIpc) is 2.75. The quantitative estimate of drug-likeness (QED) is 0.630. The van der Waals surface area contributed by atoms with Crippen LogP contribution in [0.15, 0.2) is 24.4 Å². The van der Waals surface area contributed by atoms with Crippen molar-refractivity contribution in [2.24, 2.45) is 0 Å². The van der Waals surface area contributed by atoms with Crippen molar-refractivity contribution in [3.05, 3.63) is 30.0 Å². The first kappa shape index (κ1) is 25.1. The van der Waals surface area contributed by atoms with E-state index in [1.54, 1.807) is 11.1 Å². The second-order valence-corrected chi connectivity index (χ2v) is 9.84. The minimum atomic E-state index is -0.459. The van der Waals surface area contributed by atoms with E-state index in [2.05, 4.69) is 29.4 Å². The van der Waals surface area contributed by atoms with E-state index in [4.69, 9.17) is 15.2 Å². The van der Waals surface area contributed by atoms with Crippen molar-refractivity contribution in [1.82, 2.24) is 15.2 Å². The van der Waals surface area contributed by atoms with Gasteiger partial charge in [0.25, 0.3) is 0 Å². The Balaban J connectivity index is 0.000000196. The van der Waals surface area contributed by atoms with Gasteiger partial charge in [-0.05, 0) is 89.1 Å². The van der Waals surface area contributed by atoms with E-state index in [9.17, 15) is 9.90 Å². The smallest absolute Gasteiger partial charge is 0.410 e. The number of benzene rings is 1. The van der Waals surface area contributed by atoms with Crippen LogP contribution in [0.3, 0.4) is 0 Å². The van der Waals surface area contributed by atoms with E-state index in [-0.39, 0.29) is 12.2 Å². The number of aromatic nitrogens is 1. The number of hydrogen-bond acceptors (Lipinski definition) is 7. The van der Waals surface area contributed by atoms with E-state index in [0.717, 1.165) is 54.4 Å². The van der Waals surface area contributed by atoms with Crippen molar-refractivity contribution >= 4 is 22.7 Å². The number of hydrogen-bond donors (Lipinski definition) is 3. The molecule has 2 aliphatic heterocycles. The van der Waals surface area contributed by atoms with Gasteiger partial charge in [-0.1, -0.05) is 0 Å². The highest BCUT2D eigenvalue weighted by Gasteiger charge is 2.26. The summed E-state index contributed by atoms with van der Waals surface area (Å²) in [7, 11) is 0. The maximum atomic E-state index is 11.6. The zero-order valence-electron chi connectivity index (χ0n) is 20.3. The van der Waals surface area contributed by atoms with Gasteiger partial charge in [0.05, 0.1) is 6.10 Å². The van der Waals surface area contributed by atoms with Crippen LogP contribution < -0.4 is 15.8 Å². The second kappa shape index (κ2) is 11.0. The Kier molecular flexibility index (Phi) is 8.37. The Morgan fingerprint density at radius 2 is 2.06 bits per heavy atom. The van der Waals surface area contributed by atoms with Gasteiger partial charge in [-0.2, -0.15) is 0 Å². The number of β-amino-alcohol motifs (C(OH)–C–C–N with tert-alkyl or cyclic N) is 1. The molecule has 1 aromatic heterocycles. The zero-order valence-corrected chi connectivity index (χ0v) is 20.3. The minimum Gasteiger partial charge on any atom is -0.489 e. The standard InChI is InChI=1S/C15H19N3O.C10H19NO3/c1-10-7-13-11(4-6-18-15(13)16)8-14(10)19-12-3-2-5-17-9-12;1-10(2,3)14-9(13)11-6-4-5-8(12)7-11/h4,6-8,12,17H,2-3,5,9H2,1H3,(H2,16,18);8,12H,4-7H2,1-3H3. The van der Waals surface area contributed by atoms with Gasteiger partial charge in [-0.15, -0.1) is 0 Å². The summed E-state index contributed by atoms with van der Waals surface area (Å²) in [5.74, 6) is 1.53. The van der Waals surface area contributed by atoms with E-state index < -0.39 is 11.7 Å². The lowest BCUT2D eigenvalue weighted by atomic mass is 10.1. The monoisotopic (exact) mass is 458 g/mol. The lowest BCUT2D eigenvalue weighted by Gasteiger charge is -2.32. The van der Waals surface area contributed by atoms with E-state index in [0.29, 0.717) is 18.9 Å². The number of aliphatic hydroxyl groups excluding tert-OH is 1. The molecule has 2 fully saturated rings. The molecule has 182 valence electrons. The van der Waals surface area contributed by atoms with Gasteiger partial charge in [-0.25, -0.2) is 9.78 Å². The molecule has 4 rings (SSSR count). The Labute approximate surface area is 196 Å². The van der Waals surface area contributed by atoms with Crippen LogP contribution in [-0.4, -0.2) is 65.1 Å². The van der Waals surface area contributed by atoms with Crippen molar-refractivity contribution in [3.8, 4) is 5.75 Å². The number of nitrogen functional groups attached to an aromatic ring is 1. The summed E-state index contributed by atoms with van der Waals surface area (Å²) in [6, 6.07) is 6.09. The fraction of sp³-hybridized carbons (Fsp3) is 0.600. The largest absolute Gasteiger partial charge is 0.489 e. The van der Waals surface area contributed by atoms with Crippen LogP contribution in [0.4, 0.5) is 10.6 Å². The first-order valence-electron chi connectivity index (χ1n) is 11.8. The van der Waals surface area contributed by atoms with Gasteiger partial charge in [0.2, 0.25) is 0 Å². The van der Waals surface area contributed by atoms with Crippen LogP contribution in [0.2, 0.25) is 0 Å². The molecule has 8 heteroatoms. The molecule has 0 spiro atoms. The number of carbonyl (C=O) groups excluding carboxylic acids is 1. The zero-order chi connectivity index (χ0) is 24.0. The third-order valence-corrected chi connectivity index (χ3v) is 5.68. The summed E-state index contributed by atoms with van der Waals surface area (Å²) >= 11 is 0. The van der Waals surface area contributed by atoms with E-state index >= 15 is 0 Å². The molecule has 3 heterocycles. The Morgan fingerprint density at radius 1 is 1.27 bits per heavy atom.